The van der Waals surface area contributed by atoms with Crippen LogP contribution in [-0.2, 0) is 30.2 Å². The summed E-state index contributed by atoms with van der Waals surface area (Å²) in [5.74, 6) is -2.55. The molecule has 0 atom stereocenters. The lowest BCUT2D eigenvalue weighted by Crippen LogP contribution is -2.44. The predicted octanol–water partition coefficient (Wildman–Crippen LogP) is 2.87. The molecule has 10 nitrogen and oxygen atoms in total. The summed E-state index contributed by atoms with van der Waals surface area (Å²) in [5.41, 5.74) is -1.19. The van der Waals surface area contributed by atoms with E-state index < -0.39 is 47.6 Å². The van der Waals surface area contributed by atoms with Gasteiger partial charge in [-0.25, -0.2) is 14.5 Å². The molecule has 182 valence electrons. The van der Waals surface area contributed by atoms with Crippen LogP contribution in [0.15, 0.2) is 24.3 Å². The van der Waals surface area contributed by atoms with Crippen molar-refractivity contribution in [3.05, 3.63) is 35.4 Å². The normalized spacial score (nSPS) is 11.2. The zero-order chi connectivity index (χ0) is 25.4. The summed E-state index contributed by atoms with van der Waals surface area (Å²) < 4.78 is 15.1. The van der Waals surface area contributed by atoms with Crippen molar-refractivity contribution in [2.24, 2.45) is 0 Å². The Morgan fingerprint density at radius 2 is 1.39 bits per heavy atom. The second-order valence-electron chi connectivity index (χ2n) is 9.11. The number of nitrogens with one attached hydrogen (secondary N) is 1. The minimum Gasteiger partial charge on any atom is -0.468 e. The fourth-order valence-electron chi connectivity index (χ4n) is 2.51. The van der Waals surface area contributed by atoms with Crippen LogP contribution in [0.3, 0.4) is 0 Å². The van der Waals surface area contributed by atoms with Crippen molar-refractivity contribution in [1.82, 2.24) is 10.2 Å². The maximum Gasteiger partial charge on any atom is 0.419 e. The minimum absolute atomic E-state index is 0.0602. The summed E-state index contributed by atoms with van der Waals surface area (Å²) in [7, 11) is 1.16. The van der Waals surface area contributed by atoms with Crippen molar-refractivity contribution in [1.29, 1.82) is 0 Å². The highest BCUT2D eigenvalue weighted by Crippen LogP contribution is 2.17. The van der Waals surface area contributed by atoms with E-state index >= 15 is 0 Å². The Hall–Kier alpha value is -3.43. The molecule has 0 saturated heterocycles. The van der Waals surface area contributed by atoms with Crippen LogP contribution in [0.2, 0.25) is 0 Å². The zero-order valence-corrected chi connectivity index (χ0v) is 20.1. The molecule has 0 aromatic heterocycles. The largest absolute Gasteiger partial charge is 0.468 e. The fraction of sp³-hybridized carbons (Fsp3) is 0.522. The molecular weight excluding hydrogens is 432 g/mol. The minimum atomic E-state index is -0.982. The van der Waals surface area contributed by atoms with Crippen LogP contribution in [0.25, 0.3) is 0 Å². The average Bonchev–Trinajstić information content (AvgIpc) is 2.68. The van der Waals surface area contributed by atoms with Crippen LogP contribution in [0.1, 0.15) is 57.5 Å². The highest BCUT2D eigenvalue weighted by molar-refractivity contribution is 6.43. The molecule has 1 aromatic carbocycles. The lowest BCUT2D eigenvalue weighted by molar-refractivity contribution is -0.140. The van der Waals surface area contributed by atoms with Crippen LogP contribution in [0.5, 0.6) is 0 Å². The number of Topliss-reactive ketones (excluding diaryl/α,β-unsaturated/α-hetero) is 1. The Balaban J connectivity index is 3.06. The molecule has 10 heteroatoms. The van der Waals surface area contributed by atoms with Gasteiger partial charge in [-0.3, -0.25) is 14.4 Å². The number of amides is 3. The number of rotatable bonds is 7. The van der Waals surface area contributed by atoms with Crippen molar-refractivity contribution < 1.29 is 38.2 Å². The van der Waals surface area contributed by atoms with E-state index in [0.29, 0.717) is 5.56 Å². The molecule has 33 heavy (non-hydrogen) atoms. The standard InChI is InChI=1S/C23H32N2O8/c1-22(2,3)32-20(29)25(21(30)33-23(4,5)6)13-12-15-10-8-9-11-16(15)18(27)19(28)24-14-17(26)31-7/h8-11H,12-14H2,1-7H3,(H,24,28). The first-order valence-corrected chi connectivity index (χ1v) is 10.4. The quantitative estimate of drug-likeness (QED) is 0.282. The SMILES string of the molecule is COC(=O)CNC(=O)C(=O)c1ccccc1CCN(C(=O)OC(C)(C)C)C(=O)OC(C)(C)C. The lowest BCUT2D eigenvalue weighted by Gasteiger charge is -2.28. The predicted molar refractivity (Wildman–Crippen MR) is 119 cm³/mol. The number of hydrogen-bond acceptors (Lipinski definition) is 8. The third kappa shape index (κ3) is 9.71. The van der Waals surface area contributed by atoms with Crippen molar-refractivity contribution in [3.63, 3.8) is 0 Å². The second kappa shape index (κ2) is 11.4. The Bertz CT molecular complexity index is 868. The molecule has 0 heterocycles. The van der Waals surface area contributed by atoms with Gasteiger partial charge in [-0.2, -0.15) is 0 Å². The first kappa shape index (κ1) is 27.6. The molecule has 1 N–H and O–H groups in total. The van der Waals surface area contributed by atoms with Crippen LogP contribution < -0.4 is 5.32 Å². The highest BCUT2D eigenvalue weighted by atomic mass is 16.6. The van der Waals surface area contributed by atoms with Gasteiger partial charge in [0.1, 0.15) is 17.7 Å². The number of imide groups is 1. The summed E-state index contributed by atoms with van der Waals surface area (Å²) in [6.45, 7) is 9.39. The average molecular weight is 465 g/mol. The van der Waals surface area contributed by atoms with Gasteiger partial charge in [0.25, 0.3) is 5.91 Å². The van der Waals surface area contributed by atoms with Crippen molar-refractivity contribution in [2.75, 3.05) is 20.2 Å². The van der Waals surface area contributed by atoms with E-state index in [0.717, 1.165) is 12.0 Å². The molecular formula is C23H32N2O8. The lowest BCUT2D eigenvalue weighted by atomic mass is 10.0. The number of carbonyl (C=O) groups is 5. The number of nitrogens with zero attached hydrogens (tertiary/aromatic N) is 1. The topological polar surface area (TPSA) is 128 Å². The molecule has 0 aliphatic rings. The first-order chi connectivity index (χ1) is 15.1. The van der Waals surface area contributed by atoms with Gasteiger partial charge in [-0.1, -0.05) is 24.3 Å². The molecule has 0 aliphatic carbocycles. The smallest absolute Gasteiger partial charge is 0.419 e. The van der Waals surface area contributed by atoms with Gasteiger partial charge >= 0.3 is 18.2 Å². The van der Waals surface area contributed by atoms with E-state index in [4.69, 9.17) is 9.47 Å². The Kier molecular flexibility index (Phi) is 9.57. The van der Waals surface area contributed by atoms with Gasteiger partial charge in [-0.05, 0) is 53.5 Å². The van der Waals surface area contributed by atoms with Gasteiger partial charge in [0.05, 0.1) is 7.11 Å². The van der Waals surface area contributed by atoms with E-state index in [1.807, 2.05) is 0 Å². The Morgan fingerprint density at radius 1 is 0.879 bits per heavy atom. The molecule has 1 rings (SSSR count). The summed E-state index contributed by atoms with van der Waals surface area (Å²) in [6.07, 6.45) is -1.72. The number of carbonyl (C=O) groups excluding carboxylic acids is 5. The van der Waals surface area contributed by atoms with Gasteiger partial charge in [0.2, 0.25) is 5.78 Å². The Labute approximate surface area is 193 Å². The summed E-state index contributed by atoms with van der Waals surface area (Å²) in [5, 5.41) is 2.19. The third-order valence-corrected chi connectivity index (χ3v) is 3.92. The zero-order valence-electron chi connectivity index (χ0n) is 20.1. The van der Waals surface area contributed by atoms with Crippen molar-refractivity contribution in [2.45, 2.75) is 59.2 Å². The van der Waals surface area contributed by atoms with Gasteiger partial charge < -0.3 is 19.5 Å². The maximum absolute atomic E-state index is 12.6. The van der Waals surface area contributed by atoms with Crippen molar-refractivity contribution in [3.8, 4) is 0 Å². The molecule has 0 unspecified atom stereocenters. The molecule has 1 aromatic rings. The monoisotopic (exact) mass is 464 g/mol. The van der Waals surface area contributed by atoms with Gasteiger partial charge in [0, 0.05) is 12.1 Å². The number of hydrogen-bond donors (Lipinski definition) is 1. The van der Waals surface area contributed by atoms with Crippen LogP contribution in [0, 0.1) is 0 Å². The molecule has 0 saturated carbocycles. The van der Waals surface area contributed by atoms with Gasteiger partial charge in [-0.15, -0.1) is 0 Å². The van der Waals surface area contributed by atoms with E-state index in [2.05, 4.69) is 10.1 Å². The fourth-order valence-corrected chi connectivity index (χ4v) is 2.51. The maximum atomic E-state index is 12.6. The number of ketones is 1. The van der Waals surface area contributed by atoms with E-state index in [1.165, 1.54) is 6.07 Å². The summed E-state index contributed by atoms with van der Waals surface area (Å²) in [6, 6.07) is 6.28. The summed E-state index contributed by atoms with van der Waals surface area (Å²) >= 11 is 0. The number of ether oxygens (including phenoxy) is 3. The first-order valence-electron chi connectivity index (χ1n) is 10.4. The van der Waals surface area contributed by atoms with E-state index in [1.54, 1.807) is 59.7 Å². The third-order valence-electron chi connectivity index (χ3n) is 3.92. The van der Waals surface area contributed by atoms with Crippen LogP contribution >= 0.6 is 0 Å². The molecule has 0 aliphatic heterocycles. The van der Waals surface area contributed by atoms with Crippen LogP contribution in [-0.4, -0.2) is 66.1 Å². The van der Waals surface area contributed by atoms with Gasteiger partial charge in [0.15, 0.2) is 0 Å². The molecule has 0 bridgehead atoms. The van der Waals surface area contributed by atoms with Crippen molar-refractivity contribution >= 4 is 29.8 Å². The molecule has 0 fully saturated rings. The number of benzene rings is 1. The second-order valence-corrected chi connectivity index (χ2v) is 9.11. The molecule has 0 radical (unpaired) electrons. The number of methoxy groups -OCH3 is 1. The molecule has 3 amide bonds. The van der Waals surface area contributed by atoms with E-state index in [-0.39, 0.29) is 18.5 Å². The highest BCUT2D eigenvalue weighted by Gasteiger charge is 2.31. The Morgan fingerprint density at radius 3 is 1.88 bits per heavy atom. The molecule has 0 spiro atoms. The van der Waals surface area contributed by atoms with E-state index in [9.17, 15) is 24.0 Å². The summed E-state index contributed by atoms with van der Waals surface area (Å²) in [4.78, 5) is 62.0. The van der Waals surface area contributed by atoms with Crippen LogP contribution in [0.4, 0.5) is 9.59 Å². The number of esters is 1.